The molecule has 0 spiro atoms. The molecule has 6 unspecified atom stereocenters. The molecular weight excluding hydrogens is 1690 g/mol. The smallest absolute Gasteiger partial charge is 0.332 e. The SMILES string of the molecule is CC1(C)OC2[C@@H](O1)[C@@H](CN=[N+]=[N-])O[C@H]2n1cc(Br)c(=O)[nH]c1=O.CC1(C)OC2[C@@H](O1)[C@@H](CN=[N+]=[N-])O[C@H]2n1ccc(=O)[nH]c1=O.CC1(C)OC2[C@@H](O1)[C@H]1CNc3c(N)c(=O)[nH]c(=O)n3[C@@H]2O1.CC1(C)OC2[C@@H](O1)[C@H]1CNc3cc(=O)[nH]c(=O)n3[C@@H]2O1.Nc1c2n(c(=O)[nH]c1=O)[C@@H]1O[C@H](CN2)[C@H](O)C1O.O=c1cc2n(c(=O)[nH]1)[C@@H]1O[C@H](CN2)[C@H](O)C1O. The molecular formula is C66H83BrN24O30. The van der Waals surface area contributed by atoms with Crippen molar-refractivity contribution in [3.63, 3.8) is 0 Å². The molecule has 6 aromatic heterocycles. The Morgan fingerprint density at radius 2 is 0.752 bits per heavy atom. The van der Waals surface area contributed by atoms with Crippen LogP contribution in [0.5, 0.6) is 0 Å². The van der Waals surface area contributed by atoms with E-state index in [1.54, 1.807) is 27.7 Å². The number of aromatic amines is 6. The number of anilines is 6. The van der Waals surface area contributed by atoms with Crippen molar-refractivity contribution in [1.29, 1.82) is 0 Å². The molecule has 55 heteroatoms. The molecule has 654 valence electrons. The molecule has 0 amide bonds. The van der Waals surface area contributed by atoms with Gasteiger partial charge in [0.05, 0.1) is 29.8 Å². The van der Waals surface area contributed by atoms with Gasteiger partial charge in [-0.15, -0.1) is 0 Å². The van der Waals surface area contributed by atoms with Crippen LogP contribution in [0.1, 0.15) is 92.8 Å². The first-order chi connectivity index (χ1) is 57.1. The van der Waals surface area contributed by atoms with Crippen LogP contribution in [0.3, 0.4) is 0 Å². The second-order valence-electron chi connectivity index (χ2n) is 31.3. The van der Waals surface area contributed by atoms with Gasteiger partial charge < -0.3 is 119 Å². The van der Waals surface area contributed by atoms with Gasteiger partial charge in [0.2, 0.25) is 0 Å². The minimum Gasteiger partial charge on any atom is -0.391 e. The average molecular weight is 1770 g/mol. The fraction of sp³-hybridized carbons (Fsp3) is 0.636. The van der Waals surface area contributed by atoms with Crippen LogP contribution >= 0.6 is 15.9 Å². The Hall–Kier alpha value is -10.7. The minimum atomic E-state index is -1.25. The number of nitrogens with one attached hydrogen (secondary N) is 10. The van der Waals surface area contributed by atoms with E-state index >= 15 is 0 Å². The molecule has 14 aliphatic heterocycles. The zero-order valence-corrected chi connectivity index (χ0v) is 66.4. The van der Waals surface area contributed by atoms with Crippen molar-refractivity contribution in [3.8, 4) is 0 Å². The maximum atomic E-state index is 12.2. The van der Waals surface area contributed by atoms with Gasteiger partial charge in [0, 0.05) is 66.6 Å². The van der Waals surface area contributed by atoms with Gasteiger partial charge in [0.15, 0.2) is 60.5 Å². The van der Waals surface area contributed by atoms with Gasteiger partial charge >= 0.3 is 34.1 Å². The highest BCUT2D eigenvalue weighted by atomic mass is 79.9. The Balaban J connectivity index is 0.000000113. The van der Waals surface area contributed by atoms with E-state index in [9.17, 15) is 78.0 Å². The molecule has 0 aliphatic carbocycles. The zero-order chi connectivity index (χ0) is 86.9. The maximum Gasteiger partial charge on any atom is 0.332 e. The monoisotopic (exact) mass is 1770 g/mol. The second kappa shape index (κ2) is 32.3. The van der Waals surface area contributed by atoms with E-state index in [-0.39, 0.29) is 90.0 Å². The molecule has 20 rings (SSSR count). The molecule has 54 nitrogen and oxygen atoms in total. The largest absolute Gasteiger partial charge is 0.391 e. The van der Waals surface area contributed by atoms with Crippen molar-refractivity contribution < 1.29 is 86.7 Å². The third-order valence-corrected chi connectivity index (χ3v) is 22.0. The summed E-state index contributed by atoms with van der Waals surface area (Å²) in [6.07, 6.45) is -13.0. The van der Waals surface area contributed by atoms with Crippen molar-refractivity contribution >= 4 is 50.6 Å². The molecule has 0 radical (unpaired) electrons. The predicted molar refractivity (Wildman–Crippen MR) is 409 cm³/mol. The Morgan fingerprint density at radius 3 is 1.21 bits per heavy atom. The highest BCUT2D eigenvalue weighted by Gasteiger charge is 2.61. The van der Waals surface area contributed by atoms with Gasteiger partial charge in [-0.3, -0.25) is 67.8 Å². The first kappa shape index (κ1) is 85.2. The van der Waals surface area contributed by atoms with Gasteiger partial charge in [-0.05, 0) is 82.4 Å². The number of nitrogen functional groups attached to an aromatic ring is 2. The quantitative estimate of drug-likeness (QED) is 0.0420. The summed E-state index contributed by atoms with van der Waals surface area (Å²) in [4.78, 5) is 158. The Morgan fingerprint density at radius 1 is 0.413 bits per heavy atom. The van der Waals surface area contributed by atoms with Crippen LogP contribution in [-0.4, -0.2) is 250 Å². The fourth-order valence-electron chi connectivity index (χ4n) is 16.4. The number of azide groups is 2. The summed E-state index contributed by atoms with van der Waals surface area (Å²) in [6.45, 7) is 15.6. The van der Waals surface area contributed by atoms with Crippen LogP contribution in [-0.2, 0) is 66.3 Å². The number of aliphatic hydroxyl groups excluding tert-OH is 4. The number of rotatable bonds is 6. The van der Waals surface area contributed by atoms with E-state index < -0.39 is 207 Å². The van der Waals surface area contributed by atoms with Crippen LogP contribution in [0.15, 0.2) is 103 Å². The number of hydrogen-bond acceptors (Lipinski definition) is 38. The van der Waals surface area contributed by atoms with Crippen LogP contribution in [0.2, 0.25) is 0 Å². The van der Waals surface area contributed by atoms with E-state index in [0.717, 1.165) is 9.13 Å². The Kier molecular flexibility index (Phi) is 22.7. The summed E-state index contributed by atoms with van der Waals surface area (Å²) < 4.78 is 88.1. The van der Waals surface area contributed by atoms with E-state index in [0.29, 0.717) is 18.9 Å². The van der Waals surface area contributed by atoms with E-state index in [1.807, 2.05) is 32.7 Å². The Labute approximate surface area is 681 Å². The highest BCUT2D eigenvalue weighted by Crippen LogP contribution is 2.49. The third kappa shape index (κ3) is 16.2. The van der Waals surface area contributed by atoms with Gasteiger partial charge in [0.1, 0.15) is 132 Å². The maximum absolute atomic E-state index is 12.2. The van der Waals surface area contributed by atoms with Crippen molar-refractivity contribution in [2.75, 3.05) is 72.0 Å². The zero-order valence-electron chi connectivity index (χ0n) is 64.8. The lowest BCUT2D eigenvalue weighted by atomic mass is 10.1. The van der Waals surface area contributed by atoms with Crippen LogP contribution in [0.25, 0.3) is 20.9 Å². The summed E-state index contributed by atoms with van der Waals surface area (Å²) in [7, 11) is 0. The number of aliphatic hydroxyl groups is 4. The number of hydrogen-bond donors (Lipinski definition) is 16. The molecule has 24 atom stereocenters. The highest BCUT2D eigenvalue weighted by molar-refractivity contribution is 9.10. The van der Waals surface area contributed by atoms with Crippen LogP contribution < -0.4 is 100 Å². The first-order valence-electron chi connectivity index (χ1n) is 37.5. The summed E-state index contributed by atoms with van der Waals surface area (Å²) in [5, 5.41) is 57.7. The van der Waals surface area contributed by atoms with Crippen molar-refractivity contribution in [3.05, 3.63) is 181 Å². The van der Waals surface area contributed by atoms with Gasteiger partial charge in [-0.1, -0.05) is 10.2 Å². The molecule has 121 heavy (non-hydrogen) atoms. The second-order valence-corrected chi connectivity index (χ2v) is 32.1. The molecule has 10 saturated heterocycles. The van der Waals surface area contributed by atoms with Crippen molar-refractivity contribution in [2.24, 2.45) is 10.2 Å². The molecule has 6 aromatic rings. The van der Waals surface area contributed by atoms with E-state index in [4.69, 9.17) is 88.8 Å². The third-order valence-electron chi connectivity index (χ3n) is 21.4. The summed E-state index contributed by atoms with van der Waals surface area (Å²) in [5.41, 5.74) is 21.0. The molecule has 0 aromatic carbocycles. The number of ether oxygens (including phenoxy) is 14. The van der Waals surface area contributed by atoms with Crippen LogP contribution in [0.4, 0.5) is 34.6 Å². The lowest BCUT2D eigenvalue weighted by Crippen LogP contribution is -2.42. The average Bonchev–Trinajstić information content (AvgIpc) is 1.56. The summed E-state index contributed by atoms with van der Waals surface area (Å²) in [5.74, 6) is -2.05. The molecule has 10 fully saturated rings. The van der Waals surface area contributed by atoms with Crippen molar-refractivity contribution in [1.82, 2.24) is 57.3 Å². The number of aromatic nitrogens is 12. The molecule has 0 saturated carbocycles. The number of halogens is 1. The van der Waals surface area contributed by atoms with Gasteiger partial charge in [0.25, 0.3) is 33.4 Å². The number of H-pyrrole nitrogens is 6. The predicted octanol–water partition coefficient (Wildman–Crippen LogP) is -5.62. The first-order valence-corrected chi connectivity index (χ1v) is 38.3. The lowest BCUT2D eigenvalue weighted by molar-refractivity contribution is -0.196. The molecule has 8 bridgehead atoms. The summed E-state index contributed by atoms with van der Waals surface area (Å²) in [6, 6.07) is 3.79. The van der Waals surface area contributed by atoms with Gasteiger partial charge in [-0.25, -0.2) is 47.0 Å². The van der Waals surface area contributed by atoms with E-state index in [1.165, 1.54) is 48.9 Å². The fourth-order valence-corrected chi connectivity index (χ4v) is 16.7. The number of nitrogens with zero attached hydrogens (tertiary/aromatic N) is 12. The normalized spacial score (nSPS) is 34.1. The number of nitrogens with two attached hydrogens (primary N) is 2. The van der Waals surface area contributed by atoms with Crippen LogP contribution in [0, 0.1) is 0 Å². The minimum absolute atomic E-state index is 0.0412. The summed E-state index contributed by atoms with van der Waals surface area (Å²) >= 11 is 3.08. The standard InChI is InChI=1S/C12H14BrN5O5.C12H15N5O5.C12H16N4O5.C12H15N3O5.C9H12N4O5.C9H11N3O5/c1-12(2)22-7-6(3-15-17-14)21-10(8(7)23-12)18-4-5(13)9(19)16-11(18)20;1-12(2)21-8-6(5-14-16-13)20-10(9(8)22-12)17-4-3-7(18)15-11(17)19;1-12(2)20-6-4-3-14-8-5(13)9(17)15-11(18)16(8)10(19-4)7(6)21-12;1-12(2)19-8-5-4-13-6-3-7(16)14-11(17)15(6)10(18-5)9(8)20-12;10-3-6-11-1-2-4(14)5(15)8(18-2)13(6)9(17)12-7(3)16;13-5-1-4-10-2-3-6(14)7(15)8(17-3)12(4)9(16)11-5/h4,6-8,10H,3H2,1-2H3,(H,16,19,20);3-4,6,8-10H,5H2,1-2H3,(H,15,18,19);4,6-7,10,14H,3,13H2,1-2H3,(H,15,17,18);3,5,8-10,13H,4H2,1-2H3,(H,14,16,17);2,4-5,8,11,14-15H,1,10H2,(H,12,16,17);1,3,6-8,10,14-15H,2H2,(H,11,13,16)/t6-,7+,8?,10-;6-,8+,9?,10-;4-,6+,7?,10-;5-,8+,9?,10-;2-,4+,5?,8-;3-,6+,7?,8-/m111111/s1. The molecule has 14 aliphatic rings. The number of fused-ring (bicyclic) bond motifs is 24. The van der Waals surface area contributed by atoms with Crippen molar-refractivity contribution in [2.45, 2.75) is 226 Å². The van der Waals surface area contributed by atoms with Gasteiger partial charge in [-0.2, -0.15) is 0 Å². The van der Waals surface area contributed by atoms with E-state index in [2.05, 4.69) is 82.2 Å². The lowest BCUT2D eigenvalue weighted by Gasteiger charge is -2.24. The molecule has 18 N–H and O–H groups in total. The topological polar surface area (TPSA) is 737 Å². The Bertz CT molecular complexity index is 5920. The molecule has 20 heterocycles.